The Hall–Kier alpha value is -2.22. The highest BCUT2D eigenvalue weighted by Gasteiger charge is 2.25. The molecule has 1 aliphatic carbocycles. The van der Waals surface area contributed by atoms with Crippen LogP contribution in [0.4, 0.5) is 0 Å². The topological polar surface area (TPSA) is 24.7 Å². The van der Waals surface area contributed by atoms with E-state index in [1.165, 1.54) is 93.9 Å². The number of nitrogens with zero attached hydrogens (tertiary/aromatic N) is 2. The van der Waals surface area contributed by atoms with Gasteiger partial charge in [-0.2, -0.15) is 10.2 Å². The predicted octanol–water partition coefficient (Wildman–Crippen LogP) is 8.63. The van der Waals surface area contributed by atoms with E-state index in [1.807, 2.05) is 6.21 Å². The van der Waals surface area contributed by atoms with Crippen molar-refractivity contribution < 1.29 is 0 Å². The van der Waals surface area contributed by atoms with Gasteiger partial charge in [-0.25, -0.2) is 0 Å². The second-order valence-electron chi connectivity index (χ2n) is 9.51. The van der Waals surface area contributed by atoms with Gasteiger partial charge < -0.3 is 0 Å². The SMILES string of the molecule is CCCCCc1ccc(C=NN=C(c2ccccc2)C2CCC(CCCCC)CC2)cc1. The van der Waals surface area contributed by atoms with E-state index in [4.69, 9.17) is 5.10 Å². The largest absolute Gasteiger partial charge is 0.158 e. The fourth-order valence-electron chi connectivity index (χ4n) is 4.90. The Kier molecular flexibility index (Phi) is 10.7. The Bertz CT molecular complexity index is 812. The molecule has 0 saturated heterocycles. The molecule has 0 unspecified atom stereocenters. The standard InChI is InChI=1S/C30H42N2/c1-3-5-8-12-25-16-18-27(19-17-25)24-31-32-30(28-14-10-7-11-15-28)29-22-20-26(21-23-29)13-9-6-4-2/h7,10-11,14-19,24,26,29H,3-6,8-9,12-13,20-23H2,1-2H3. The average Bonchev–Trinajstić information content (AvgIpc) is 2.84. The third-order valence-corrected chi connectivity index (χ3v) is 6.94. The molecule has 172 valence electrons. The number of benzene rings is 2. The quantitative estimate of drug-likeness (QED) is 0.183. The summed E-state index contributed by atoms with van der Waals surface area (Å²) in [6.45, 7) is 4.55. The zero-order valence-electron chi connectivity index (χ0n) is 20.3. The molecule has 1 saturated carbocycles. The lowest BCUT2D eigenvalue weighted by molar-refractivity contribution is 0.299. The third-order valence-electron chi connectivity index (χ3n) is 6.94. The number of unbranched alkanes of at least 4 members (excludes halogenated alkanes) is 4. The fourth-order valence-corrected chi connectivity index (χ4v) is 4.90. The van der Waals surface area contributed by atoms with Gasteiger partial charge in [-0.1, -0.05) is 107 Å². The van der Waals surface area contributed by atoms with Gasteiger partial charge in [-0.15, -0.1) is 0 Å². The van der Waals surface area contributed by atoms with E-state index in [9.17, 15) is 0 Å². The summed E-state index contributed by atoms with van der Waals surface area (Å²) in [5.41, 5.74) is 4.94. The normalized spacial score (nSPS) is 19.5. The first-order valence-electron chi connectivity index (χ1n) is 13.1. The Morgan fingerprint density at radius 1 is 0.812 bits per heavy atom. The maximum Gasteiger partial charge on any atom is 0.0733 e. The van der Waals surface area contributed by atoms with E-state index in [2.05, 4.69) is 73.5 Å². The lowest BCUT2D eigenvalue weighted by Crippen LogP contribution is -2.22. The fraction of sp³-hybridized carbons (Fsp3) is 0.533. The molecule has 2 aromatic carbocycles. The predicted molar refractivity (Wildman–Crippen MR) is 140 cm³/mol. The van der Waals surface area contributed by atoms with Gasteiger partial charge >= 0.3 is 0 Å². The van der Waals surface area contributed by atoms with Crippen LogP contribution in [0.1, 0.15) is 101 Å². The molecule has 1 aliphatic rings. The minimum absolute atomic E-state index is 0.526. The molecule has 0 N–H and O–H groups in total. The van der Waals surface area contributed by atoms with E-state index >= 15 is 0 Å². The Balaban J connectivity index is 1.63. The summed E-state index contributed by atoms with van der Waals surface area (Å²) in [7, 11) is 0. The summed E-state index contributed by atoms with van der Waals surface area (Å²) in [5, 5.41) is 9.32. The molecule has 2 heteroatoms. The lowest BCUT2D eigenvalue weighted by atomic mass is 9.76. The highest BCUT2D eigenvalue weighted by molar-refractivity contribution is 6.02. The van der Waals surface area contributed by atoms with Crippen LogP contribution < -0.4 is 0 Å². The maximum atomic E-state index is 4.78. The second-order valence-corrected chi connectivity index (χ2v) is 9.51. The summed E-state index contributed by atoms with van der Waals surface area (Å²) in [4.78, 5) is 0. The van der Waals surface area contributed by atoms with Crippen molar-refractivity contribution in [2.45, 2.75) is 90.9 Å². The second kappa shape index (κ2) is 14.0. The molecule has 2 nitrogen and oxygen atoms in total. The summed E-state index contributed by atoms with van der Waals surface area (Å²) in [6.07, 6.45) is 17.6. The van der Waals surface area contributed by atoms with Crippen LogP contribution in [0.2, 0.25) is 0 Å². The minimum Gasteiger partial charge on any atom is -0.158 e. The monoisotopic (exact) mass is 430 g/mol. The van der Waals surface area contributed by atoms with Crippen LogP contribution in [-0.2, 0) is 6.42 Å². The molecule has 3 rings (SSSR count). The summed E-state index contributed by atoms with van der Waals surface area (Å²) in [6, 6.07) is 19.5. The van der Waals surface area contributed by atoms with Crippen molar-refractivity contribution in [2.24, 2.45) is 22.0 Å². The highest BCUT2D eigenvalue weighted by Crippen LogP contribution is 2.34. The van der Waals surface area contributed by atoms with Gasteiger partial charge in [0.25, 0.3) is 0 Å². The van der Waals surface area contributed by atoms with E-state index < -0.39 is 0 Å². The molecule has 0 amide bonds. The zero-order chi connectivity index (χ0) is 22.4. The molecule has 0 atom stereocenters. The van der Waals surface area contributed by atoms with Crippen LogP contribution in [0.5, 0.6) is 0 Å². The van der Waals surface area contributed by atoms with E-state index in [0.29, 0.717) is 5.92 Å². The first-order chi connectivity index (χ1) is 15.8. The van der Waals surface area contributed by atoms with Gasteiger partial charge in [0, 0.05) is 5.92 Å². The maximum absolute atomic E-state index is 4.78. The molecule has 32 heavy (non-hydrogen) atoms. The van der Waals surface area contributed by atoms with Crippen molar-refractivity contribution in [3.63, 3.8) is 0 Å². The smallest absolute Gasteiger partial charge is 0.0733 e. The average molecular weight is 431 g/mol. The van der Waals surface area contributed by atoms with Crippen LogP contribution in [0.3, 0.4) is 0 Å². The number of rotatable bonds is 12. The highest BCUT2D eigenvalue weighted by atomic mass is 15.2. The third kappa shape index (κ3) is 8.04. The molecule has 0 radical (unpaired) electrons. The molecule has 2 aromatic rings. The minimum atomic E-state index is 0.526. The van der Waals surface area contributed by atoms with Crippen molar-refractivity contribution in [2.75, 3.05) is 0 Å². The van der Waals surface area contributed by atoms with Crippen LogP contribution in [0.15, 0.2) is 64.8 Å². The summed E-state index contributed by atoms with van der Waals surface area (Å²) < 4.78 is 0. The van der Waals surface area contributed by atoms with E-state index in [1.54, 1.807) is 0 Å². The van der Waals surface area contributed by atoms with Crippen molar-refractivity contribution in [1.29, 1.82) is 0 Å². The van der Waals surface area contributed by atoms with Crippen LogP contribution in [0, 0.1) is 11.8 Å². The van der Waals surface area contributed by atoms with Gasteiger partial charge in [0.2, 0.25) is 0 Å². The Labute approximate surface area is 196 Å². The molecule has 0 bridgehead atoms. The molecule has 1 fully saturated rings. The Morgan fingerprint density at radius 2 is 1.50 bits per heavy atom. The molecular formula is C30H42N2. The number of aryl methyl sites for hydroxylation is 1. The van der Waals surface area contributed by atoms with Crippen LogP contribution in [0.25, 0.3) is 0 Å². The number of hydrogen-bond acceptors (Lipinski definition) is 2. The first kappa shape index (κ1) is 24.4. The summed E-state index contributed by atoms with van der Waals surface area (Å²) in [5.74, 6) is 1.44. The van der Waals surface area contributed by atoms with Gasteiger partial charge in [0.1, 0.15) is 0 Å². The molecule has 0 aromatic heterocycles. The zero-order valence-corrected chi connectivity index (χ0v) is 20.3. The first-order valence-corrected chi connectivity index (χ1v) is 13.1. The van der Waals surface area contributed by atoms with Crippen molar-refractivity contribution in [3.05, 3.63) is 71.3 Å². The van der Waals surface area contributed by atoms with Crippen LogP contribution >= 0.6 is 0 Å². The molecular weight excluding hydrogens is 388 g/mol. The van der Waals surface area contributed by atoms with Gasteiger partial charge in [-0.3, -0.25) is 0 Å². The van der Waals surface area contributed by atoms with Crippen molar-refractivity contribution >= 4 is 11.9 Å². The van der Waals surface area contributed by atoms with Gasteiger partial charge in [0.05, 0.1) is 11.9 Å². The van der Waals surface area contributed by atoms with Crippen molar-refractivity contribution in [3.8, 4) is 0 Å². The Morgan fingerprint density at radius 3 is 2.19 bits per heavy atom. The van der Waals surface area contributed by atoms with E-state index in [0.717, 1.165) is 11.5 Å². The van der Waals surface area contributed by atoms with Gasteiger partial charge in [-0.05, 0) is 61.1 Å². The van der Waals surface area contributed by atoms with Crippen LogP contribution in [-0.4, -0.2) is 11.9 Å². The summed E-state index contributed by atoms with van der Waals surface area (Å²) >= 11 is 0. The lowest BCUT2D eigenvalue weighted by Gasteiger charge is -2.29. The molecule has 0 spiro atoms. The molecule has 0 aliphatic heterocycles. The van der Waals surface area contributed by atoms with E-state index in [-0.39, 0.29) is 0 Å². The van der Waals surface area contributed by atoms with Crippen molar-refractivity contribution in [1.82, 2.24) is 0 Å². The number of hydrogen-bond donors (Lipinski definition) is 0. The molecule has 0 heterocycles. The van der Waals surface area contributed by atoms with Gasteiger partial charge in [0.15, 0.2) is 0 Å².